The monoisotopic (exact) mass is 590 g/mol. The lowest BCUT2D eigenvalue weighted by Crippen LogP contribution is -2.64. The van der Waals surface area contributed by atoms with E-state index in [0.29, 0.717) is 22.2 Å². The minimum atomic E-state index is -0.411. The number of carbonyl (C=O) groups excluding carboxylic acids is 2. The number of amides is 2. The van der Waals surface area contributed by atoms with Gasteiger partial charge in [-0.15, -0.1) is 0 Å². The maximum atomic E-state index is 13.4. The molecule has 2 heterocycles. The van der Waals surface area contributed by atoms with Crippen molar-refractivity contribution in [1.82, 2.24) is 19.6 Å². The third kappa shape index (κ3) is 7.17. The zero-order valence-electron chi connectivity index (χ0n) is 23.8. The van der Waals surface area contributed by atoms with Gasteiger partial charge < -0.3 is 14.7 Å². The Morgan fingerprint density at radius 1 is 0.925 bits per heavy atom. The molecule has 1 unspecified atom stereocenters. The second kappa shape index (κ2) is 13.6. The lowest BCUT2D eigenvalue weighted by atomic mass is 9.82. The third-order valence-corrected chi connectivity index (χ3v) is 9.33. The highest BCUT2D eigenvalue weighted by molar-refractivity contribution is 6.42. The molecule has 2 saturated heterocycles. The van der Waals surface area contributed by atoms with E-state index in [0.717, 1.165) is 70.4 Å². The van der Waals surface area contributed by atoms with Gasteiger partial charge in [-0.2, -0.15) is 0 Å². The Bertz CT molecular complexity index is 1160. The minimum Gasteiger partial charge on any atom is -0.347 e. The molecule has 218 valence electrons. The summed E-state index contributed by atoms with van der Waals surface area (Å²) in [6.07, 6.45) is 6.01. The number of piperidine rings is 2. The van der Waals surface area contributed by atoms with E-state index in [1.807, 2.05) is 26.2 Å². The van der Waals surface area contributed by atoms with Gasteiger partial charge in [-0.25, -0.2) is 4.39 Å². The summed E-state index contributed by atoms with van der Waals surface area (Å²) in [5.74, 6) is -0.271. The molecule has 1 atom stereocenters. The van der Waals surface area contributed by atoms with E-state index < -0.39 is 5.54 Å². The first-order valence-electron chi connectivity index (χ1n) is 14.3. The molecule has 0 saturated carbocycles. The van der Waals surface area contributed by atoms with E-state index in [9.17, 15) is 14.0 Å². The molecule has 2 aliphatic rings. The first kappa shape index (κ1) is 30.8. The second-order valence-electron chi connectivity index (χ2n) is 11.5. The molecule has 0 bridgehead atoms. The lowest BCUT2D eigenvalue weighted by molar-refractivity contribution is -0.147. The molecular weight excluding hydrogens is 550 g/mol. The van der Waals surface area contributed by atoms with Crippen LogP contribution < -0.4 is 0 Å². The van der Waals surface area contributed by atoms with E-state index in [4.69, 9.17) is 23.2 Å². The van der Waals surface area contributed by atoms with E-state index >= 15 is 0 Å². The van der Waals surface area contributed by atoms with Crippen LogP contribution in [-0.4, -0.2) is 97.4 Å². The number of likely N-dealkylation sites (tertiary alicyclic amines) is 2. The van der Waals surface area contributed by atoms with E-state index in [1.54, 1.807) is 22.9 Å². The molecule has 0 spiro atoms. The summed E-state index contributed by atoms with van der Waals surface area (Å²) in [6, 6.07) is 11.3. The number of likely N-dealkylation sites (N-methyl/N-ethyl adjacent to an activating group) is 2. The fourth-order valence-corrected chi connectivity index (χ4v) is 6.55. The number of halogens is 3. The number of hydrogen-bond donors (Lipinski definition) is 0. The van der Waals surface area contributed by atoms with Crippen LogP contribution in [0.1, 0.15) is 60.4 Å². The fourth-order valence-electron chi connectivity index (χ4n) is 6.24. The maximum absolute atomic E-state index is 13.4. The van der Waals surface area contributed by atoms with Gasteiger partial charge in [-0.3, -0.25) is 14.5 Å². The largest absolute Gasteiger partial charge is 0.347 e. The van der Waals surface area contributed by atoms with E-state index in [2.05, 4.69) is 9.80 Å². The molecule has 2 aromatic carbocycles. The molecule has 0 N–H and O–H groups in total. The zero-order valence-corrected chi connectivity index (χ0v) is 25.4. The van der Waals surface area contributed by atoms with Crippen LogP contribution in [0.4, 0.5) is 4.39 Å². The van der Waals surface area contributed by atoms with Crippen LogP contribution in [0, 0.1) is 5.82 Å². The Morgan fingerprint density at radius 2 is 1.57 bits per heavy atom. The first-order valence-corrected chi connectivity index (χ1v) is 15.0. The Morgan fingerprint density at radius 3 is 2.17 bits per heavy atom. The quantitative estimate of drug-likeness (QED) is 0.371. The first-order chi connectivity index (χ1) is 19.1. The van der Waals surface area contributed by atoms with Crippen LogP contribution in [0.5, 0.6) is 0 Å². The predicted molar refractivity (Wildman–Crippen MR) is 160 cm³/mol. The van der Waals surface area contributed by atoms with Crippen LogP contribution >= 0.6 is 23.2 Å². The van der Waals surface area contributed by atoms with Gasteiger partial charge in [0.2, 0.25) is 5.91 Å². The SMILES string of the molecule is CN(C)C(=O)C1(N2CCCCC2)CCN(CCC(CN(C)C(=O)c2ccc(F)cc2)c2ccc(Cl)c(Cl)c2)CC1. The normalized spacial score (nSPS) is 18.8. The van der Waals surface area contributed by atoms with Crippen molar-refractivity contribution in [3.05, 3.63) is 69.5 Å². The highest BCUT2D eigenvalue weighted by Crippen LogP contribution is 2.34. The van der Waals surface area contributed by atoms with Crippen molar-refractivity contribution in [3.8, 4) is 0 Å². The number of rotatable bonds is 9. The topological polar surface area (TPSA) is 47.1 Å². The third-order valence-electron chi connectivity index (χ3n) is 8.59. The molecular formula is C31H41Cl2FN4O2. The van der Waals surface area contributed by atoms with Crippen molar-refractivity contribution in [2.45, 2.75) is 50.0 Å². The van der Waals surface area contributed by atoms with Crippen molar-refractivity contribution < 1.29 is 14.0 Å². The molecule has 0 radical (unpaired) electrons. The molecule has 2 amide bonds. The average Bonchev–Trinajstić information content (AvgIpc) is 2.97. The maximum Gasteiger partial charge on any atom is 0.253 e. The minimum absolute atomic E-state index is 0.0290. The second-order valence-corrected chi connectivity index (χ2v) is 12.3. The molecule has 2 aliphatic heterocycles. The predicted octanol–water partition coefficient (Wildman–Crippen LogP) is 5.79. The Labute approximate surface area is 248 Å². The van der Waals surface area contributed by atoms with E-state index in [1.165, 1.54) is 30.7 Å². The Balaban J connectivity index is 1.45. The van der Waals surface area contributed by atoms with E-state index in [-0.39, 0.29) is 23.5 Å². The van der Waals surface area contributed by atoms with Crippen molar-refractivity contribution in [2.24, 2.45) is 0 Å². The highest BCUT2D eigenvalue weighted by Gasteiger charge is 2.47. The van der Waals surface area contributed by atoms with Gasteiger partial charge in [0.05, 0.1) is 10.0 Å². The summed E-state index contributed by atoms with van der Waals surface area (Å²) < 4.78 is 13.4. The highest BCUT2D eigenvalue weighted by atomic mass is 35.5. The number of hydrogen-bond acceptors (Lipinski definition) is 4. The van der Waals surface area contributed by atoms with Gasteiger partial charge in [0.15, 0.2) is 0 Å². The zero-order chi connectivity index (χ0) is 28.9. The van der Waals surface area contributed by atoms with Crippen molar-refractivity contribution in [1.29, 1.82) is 0 Å². The molecule has 40 heavy (non-hydrogen) atoms. The van der Waals surface area contributed by atoms with Gasteiger partial charge in [0.25, 0.3) is 5.91 Å². The van der Waals surface area contributed by atoms with Crippen LogP contribution in [0.2, 0.25) is 10.0 Å². The molecule has 2 aromatic rings. The Hall–Kier alpha value is -2.19. The molecule has 0 aliphatic carbocycles. The van der Waals surface area contributed by atoms with Gasteiger partial charge in [0.1, 0.15) is 11.4 Å². The average molecular weight is 592 g/mol. The molecule has 0 aromatic heterocycles. The molecule has 6 nitrogen and oxygen atoms in total. The van der Waals surface area contributed by atoms with Crippen LogP contribution in [0.3, 0.4) is 0 Å². The fraction of sp³-hybridized carbons (Fsp3) is 0.548. The number of nitrogens with zero attached hydrogens (tertiary/aromatic N) is 4. The number of carbonyl (C=O) groups is 2. The standard InChI is InChI=1S/C31H41Cl2FN4O2/c1-35(2)30(40)31(38-16-5-4-6-17-38)14-19-37(20-15-31)18-13-25(24-9-12-27(32)28(33)21-24)22-36(3)29(39)23-7-10-26(34)11-8-23/h7-12,21,25H,4-6,13-20,22H2,1-3H3. The summed E-state index contributed by atoms with van der Waals surface area (Å²) in [5, 5.41) is 0.985. The number of benzene rings is 2. The summed E-state index contributed by atoms with van der Waals surface area (Å²) in [7, 11) is 5.51. The van der Waals surface area contributed by atoms with Crippen LogP contribution in [-0.2, 0) is 4.79 Å². The van der Waals surface area contributed by atoms with Crippen molar-refractivity contribution >= 4 is 35.0 Å². The van der Waals surface area contributed by atoms with Crippen molar-refractivity contribution in [3.63, 3.8) is 0 Å². The smallest absolute Gasteiger partial charge is 0.253 e. The van der Waals surface area contributed by atoms with Gasteiger partial charge >= 0.3 is 0 Å². The van der Waals surface area contributed by atoms with Crippen LogP contribution in [0.25, 0.3) is 0 Å². The lowest BCUT2D eigenvalue weighted by Gasteiger charge is -2.50. The van der Waals surface area contributed by atoms with Gasteiger partial charge in [-0.05, 0) is 93.7 Å². The van der Waals surface area contributed by atoms with Crippen molar-refractivity contribution in [2.75, 3.05) is 60.4 Å². The van der Waals surface area contributed by atoms with Gasteiger partial charge in [-0.1, -0.05) is 35.7 Å². The summed E-state index contributed by atoms with van der Waals surface area (Å²) in [4.78, 5) is 34.9. The summed E-state index contributed by atoms with van der Waals surface area (Å²) >= 11 is 12.6. The molecule has 4 rings (SSSR count). The molecule has 9 heteroatoms. The van der Waals surface area contributed by atoms with Gasteiger partial charge in [0, 0.05) is 52.3 Å². The summed E-state index contributed by atoms with van der Waals surface area (Å²) in [6.45, 7) is 5.03. The molecule has 2 fully saturated rings. The summed E-state index contributed by atoms with van der Waals surface area (Å²) in [5.41, 5.74) is 1.06. The van der Waals surface area contributed by atoms with Crippen LogP contribution in [0.15, 0.2) is 42.5 Å². The Kier molecular flexibility index (Phi) is 10.5.